The Hall–Kier alpha value is -2.55. The fourth-order valence-electron chi connectivity index (χ4n) is 3.67. The lowest BCUT2D eigenvalue weighted by Crippen LogP contribution is -2.46. The van der Waals surface area contributed by atoms with Crippen molar-refractivity contribution in [3.8, 4) is 10.7 Å². The van der Waals surface area contributed by atoms with E-state index in [2.05, 4.69) is 37.5 Å². The van der Waals surface area contributed by atoms with Crippen molar-refractivity contribution in [2.75, 3.05) is 26.2 Å². The second-order valence-corrected chi connectivity index (χ2v) is 8.07. The van der Waals surface area contributed by atoms with E-state index in [1.807, 2.05) is 41.9 Å². The normalized spacial score (nSPS) is 17.3. The first-order chi connectivity index (χ1) is 13.8. The van der Waals surface area contributed by atoms with Gasteiger partial charge in [0.1, 0.15) is 5.65 Å². The quantitative estimate of drug-likeness (QED) is 0.517. The lowest BCUT2D eigenvalue weighted by atomic mass is 10.2. The molecular formula is C20H22N6OS. The molecule has 1 atom stereocenters. The van der Waals surface area contributed by atoms with E-state index in [1.54, 1.807) is 11.3 Å². The maximum atomic E-state index is 5.54. The Bertz CT molecular complexity index is 1010. The van der Waals surface area contributed by atoms with Crippen LogP contribution < -0.4 is 0 Å². The van der Waals surface area contributed by atoms with E-state index in [-0.39, 0.29) is 6.04 Å². The molecule has 5 rings (SSSR count). The van der Waals surface area contributed by atoms with Crippen LogP contribution in [0.5, 0.6) is 0 Å². The van der Waals surface area contributed by atoms with Crippen molar-refractivity contribution in [3.63, 3.8) is 0 Å². The van der Waals surface area contributed by atoms with E-state index in [1.165, 1.54) is 0 Å². The summed E-state index contributed by atoms with van der Waals surface area (Å²) in [7, 11) is 0. The molecule has 1 unspecified atom stereocenters. The number of hydrogen-bond acceptors (Lipinski definition) is 7. The summed E-state index contributed by atoms with van der Waals surface area (Å²) in [6.07, 6.45) is 4.16. The Morgan fingerprint density at radius 1 is 1.11 bits per heavy atom. The second kappa shape index (κ2) is 7.46. The Kier molecular flexibility index (Phi) is 4.67. The monoisotopic (exact) mass is 394 g/mol. The van der Waals surface area contributed by atoms with Gasteiger partial charge in [0.2, 0.25) is 11.7 Å². The van der Waals surface area contributed by atoms with Gasteiger partial charge in [-0.3, -0.25) is 9.80 Å². The standard InChI is InChI=1S/C20H22N6OS/c1-15(20-22-19(23-27-20)17-5-4-12-28-17)25-10-8-24(9-11-25)13-16-14-26-7-3-2-6-18(26)21-16/h2-7,12,14-15H,8-11,13H2,1H3. The number of rotatable bonds is 5. The maximum absolute atomic E-state index is 5.54. The van der Waals surface area contributed by atoms with Gasteiger partial charge in [-0.1, -0.05) is 17.3 Å². The third-order valence-electron chi connectivity index (χ3n) is 5.29. The Balaban J connectivity index is 1.19. The van der Waals surface area contributed by atoms with Gasteiger partial charge in [0, 0.05) is 45.1 Å². The molecule has 4 aromatic rings. The molecule has 0 spiro atoms. The number of imidazole rings is 1. The first kappa shape index (κ1) is 17.5. The predicted molar refractivity (Wildman–Crippen MR) is 108 cm³/mol. The zero-order chi connectivity index (χ0) is 18.9. The zero-order valence-corrected chi connectivity index (χ0v) is 16.5. The molecule has 1 fully saturated rings. The number of nitrogens with zero attached hydrogens (tertiary/aromatic N) is 6. The van der Waals surface area contributed by atoms with Gasteiger partial charge in [0.05, 0.1) is 16.6 Å². The number of pyridine rings is 1. The minimum Gasteiger partial charge on any atom is -0.337 e. The van der Waals surface area contributed by atoms with E-state index >= 15 is 0 Å². The van der Waals surface area contributed by atoms with Crippen LogP contribution in [0, 0.1) is 0 Å². The Morgan fingerprint density at radius 2 is 2.00 bits per heavy atom. The van der Waals surface area contributed by atoms with Crippen molar-refractivity contribution in [2.45, 2.75) is 19.5 Å². The van der Waals surface area contributed by atoms with Crippen molar-refractivity contribution in [2.24, 2.45) is 0 Å². The summed E-state index contributed by atoms with van der Waals surface area (Å²) < 4.78 is 7.61. The molecule has 0 N–H and O–H groups in total. The molecule has 5 heterocycles. The first-order valence-corrected chi connectivity index (χ1v) is 10.4. The molecule has 28 heavy (non-hydrogen) atoms. The molecule has 0 saturated carbocycles. The van der Waals surface area contributed by atoms with Crippen molar-refractivity contribution >= 4 is 17.0 Å². The van der Waals surface area contributed by atoms with E-state index < -0.39 is 0 Å². The van der Waals surface area contributed by atoms with Gasteiger partial charge in [0.15, 0.2) is 0 Å². The fraction of sp³-hybridized carbons (Fsp3) is 0.350. The molecule has 1 saturated heterocycles. The molecule has 0 aromatic carbocycles. The lowest BCUT2D eigenvalue weighted by Gasteiger charge is -2.36. The van der Waals surface area contributed by atoms with Crippen molar-refractivity contribution in [1.29, 1.82) is 0 Å². The van der Waals surface area contributed by atoms with E-state index in [0.717, 1.165) is 48.9 Å². The third-order valence-corrected chi connectivity index (χ3v) is 6.16. The summed E-state index contributed by atoms with van der Waals surface area (Å²) >= 11 is 1.63. The number of hydrogen-bond donors (Lipinski definition) is 0. The Morgan fingerprint density at radius 3 is 2.79 bits per heavy atom. The zero-order valence-electron chi connectivity index (χ0n) is 15.7. The summed E-state index contributed by atoms with van der Waals surface area (Å²) in [6.45, 7) is 6.99. The molecule has 0 amide bonds. The van der Waals surface area contributed by atoms with Gasteiger partial charge in [-0.15, -0.1) is 11.3 Å². The molecule has 4 aromatic heterocycles. The van der Waals surface area contributed by atoms with E-state index in [9.17, 15) is 0 Å². The maximum Gasteiger partial charge on any atom is 0.244 e. The summed E-state index contributed by atoms with van der Waals surface area (Å²) in [4.78, 5) is 15.2. The van der Waals surface area contributed by atoms with Crippen molar-refractivity contribution in [1.82, 2.24) is 29.3 Å². The molecular weight excluding hydrogens is 372 g/mol. The minimum atomic E-state index is 0.124. The van der Waals surface area contributed by atoms with Crippen LogP contribution in [0.3, 0.4) is 0 Å². The van der Waals surface area contributed by atoms with Crippen LogP contribution in [0.4, 0.5) is 0 Å². The highest BCUT2D eigenvalue weighted by Gasteiger charge is 2.26. The van der Waals surface area contributed by atoms with Gasteiger partial charge < -0.3 is 8.92 Å². The summed E-state index contributed by atoms with van der Waals surface area (Å²) in [5.41, 5.74) is 2.12. The van der Waals surface area contributed by atoms with E-state index in [4.69, 9.17) is 9.51 Å². The van der Waals surface area contributed by atoms with Crippen LogP contribution in [0.25, 0.3) is 16.3 Å². The average molecular weight is 395 g/mol. The Labute approximate surface area is 167 Å². The molecule has 8 heteroatoms. The number of thiophene rings is 1. The average Bonchev–Trinajstić information content (AvgIpc) is 3.47. The third kappa shape index (κ3) is 3.46. The van der Waals surface area contributed by atoms with Crippen LogP contribution in [0.2, 0.25) is 0 Å². The van der Waals surface area contributed by atoms with Crippen LogP contribution in [-0.4, -0.2) is 55.5 Å². The largest absolute Gasteiger partial charge is 0.337 e. The number of aromatic nitrogens is 4. The number of piperazine rings is 1. The van der Waals surface area contributed by atoms with Gasteiger partial charge in [-0.05, 0) is 30.5 Å². The fourth-order valence-corrected chi connectivity index (χ4v) is 4.32. The molecule has 144 valence electrons. The molecule has 0 aliphatic carbocycles. The highest BCUT2D eigenvalue weighted by Crippen LogP contribution is 2.26. The lowest BCUT2D eigenvalue weighted by molar-refractivity contribution is 0.0839. The van der Waals surface area contributed by atoms with Gasteiger partial charge in [0.25, 0.3) is 0 Å². The topological polar surface area (TPSA) is 62.7 Å². The minimum absolute atomic E-state index is 0.124. The van der Waals surface area contributed by atoms with Gasteiger partial charge in [-0.2, -0.15) is 4.98 Å². The van der Waals surface area contributed by atoms with Crippen LogP contribution in [0.1, 0.15) is 24.6 Å². The van der Waals surface area contributed by atoms with Crippen molar-refractivity contribution in [3.05, 3.63) is 59.7 Å². The highest BCUT2D eigenvalue weighted by molar-refractivity contribution is 7.13. The SMILES string of the molecule is CC(c1nc(-c2cccs2)no1)N1CCN(Cc2cn3ccccc3n2)CC1. The molecule has 1 aliphatic rings. The molecule has 0 bridgehead atoms. The smallest absolute Gasteiger partial charge is 0.244 e. The van der Waals surface area contributed by atoms with Gasteiger partial charge >= 0.3 is 0 Å². The summed E-state index contributed by atoms with van der Waals surface area (Å²) in [6, 6.07) is 10.2. The predicted octanol–water partition coefficient (Wildman–Crippen LogP) is 3.32. The van der Waals surface area contributed by atoms with Crippen LogP contribution in [-0.2, 0) is 6.54 Å². The van der Waals surface area contributed by atoms with Crippen LogP contribution in [0.15, 0.2) is 52.6 Å². The molecule has 1 aliphatic heterocycles. The number of fused-ring (bicyclic) bond motifs is 1. The first-order valence-electron chi connectivity index (χ1n) is 9.53. The summed E-state index contributed by atoms with van der Waals surface area (Å²) in [5, 5.41) is 6.17. The van der Waals surface area contributed by atoms with Crippen LogP contribution >= 0.6 is 11.3 Å². The van der Waals surface area contributed by atoms with Gasteiger partial charge in [-0.25, -0.2) is 4.98 Å². The molecule has 0 radical (unpaired) electrons. The van der Waals surface area contributed by atoms with E-state index in [0.29, 0.717) is 11.7 Å². The molecule has 7 nitrogen and oxygen atoms in total. The highest BCUT2D eigenvalue weighted by atomic mass is 32.1. The van der Waals surface area contributed by atoms with Crippen molar-refractivity contribution < 1.29 is 4.52 Å². The second-order valence-electron chi connectivity index (χ2n) is 7.12. The summed E-state index contributed by atoms with van der Waals surface area (Å²) in [5.74, 6) is 1.37.